The Kier molecular flexibility index (Phi) is 7.66. The fourth-order valence-corrected chi connectivity index (χ4v) is 4.32. The highest BCUT2D eigenvalue weighted by atomic mass is 16.5. The van der Waals surface area contributed by atoms with Gasteiger partial charge in [0.15, 0.2) is 11.5 Å². The van der Waals surface area contributed by atoms with E-state index in [1.807, 2.05) is 56.6 Å². The number of ether oxygens (including phenoxy) is 1. The Morgan fingerprint density at radius 2 is 1.87 bits per heavy atom. The lowest BCUT2D eigenvalue weighted by Crippen LogP contribution is -2.44. The maximum absolute atomic E-state index is 13.3. The van der Waals surface area contributed by atoms with Crippen LogP contribution in [0.2, 0.25) is 0 Å². The highest BCUT2D eigenvalue weighted by Gasteiger charge is 2.19. The first-order valence-corrected chi connectivity index (χ1v) is 12.7. The Hall–Kier alpha value is -4.22. The van der Waals surface area contributed by atoms with Crippen LogP contribution in [-0.4, -0.2) is 82.6 Å². The summed E-state index contributed by atoms with van der Waals surface area (Å²) in [6.45, 7) is 9.16. The van der Waals surface area contributed by atoms with Crippen molar-refractivity contribution in [2.75, 3.05) is 63.6 Å². The van der Waals surface area contributed by atoms with Crippen LogP contribution in [0.25, 0.3) is 16.9 Å². The van der Waals surface area contributed by atoms with Gasteiger partial charge in [0.25, 0.3) is 5.56 Å². The number of piperazine rings is 1. The molecule has 1 aliphatic rings. The van der Waals surface area contributed by atoms with Crippen molar-refractivity contribution in [3.63, 3.8) is 0 Å². The summed E-state index contributed by atoms with van der Waals surface area (Å²) < 4.78 is 9.11. The molecule has 3 aromatic heterocycles. The molecule has 4 aromatic rings. The second-order valence-electron chi connectivity index (χ2n) is 9.31. The number of hydrogen-bond acceptors (Lipinski definition) is 9. The maximum atomic E-state index is 13.3. The van der Waals surface area contributed by atoms with Gasteiger partial charge in [-0.3, -0.25) is 4.79 Å². The molecule has 0 radical (unpaired) electrons. The molecular formula is C27H33N9O2. The van der Waals surface area contributed by atoms with Crippen molar-refractivity contribution in [1.82, 2.24) is 34.5 Å². The fraction of sp³-hybridized carbons (Fsp3) is 0.333. The van der Waals surface area contributed by atoms with E-state index in [1.165, 1.54) is 0 Å². The van der Waals surface area contributed by atoms with Crippen LogP contribution in [0, 0.1) is 0 Å². The first-order chi connectivity index (χ1) is 18.5. The topological polar surface area (TPSA) is 105 Å². The summed E-state index contributed by atoms with van der Waals surface area (Å²) in [4.78, 5) is 31.6. The fourth-order valence-electron chi connectivity index (χ4n) is 4.32. The number of likely N-dealkylation sites (N-methyl/N-ethyl adjacent to an activating group) is 1. The van der Waals surface area contributed by atoms with Gasteiger partial charge in [-0.15, -0.1) is 6.58 Å². The summed E-state index contributed by atoms with van der Waals surface area (Å²) >= 11 is 0. The van der Waals surface area contributed by atoms with Gasteiger partial charge in [0, 0.05) is 44.6 Å². The average molecular weight is 516 g/mol. The molecule has 38 heavy (non-hydrogen) atoms. The molecule has 198 valence electrons. The number of rotatable bonds is 10. The van der Waals surface area contributed by atoms with Crippen LogP contribution in [0.4, 0.5) is 17.5 Å². The number of fused-ring (bicyclic) bond motifs is 1. The lowest BCUT2D eigenvalue weighted by Gasteiger charge is -2.28. The second kappa shape index (κ2) is 11.4. The van der Waals surface area contributed by atoms with Crippen LogP contribution in [0.1, 0.15) is 0 Å². The molecule has 11 heteroatoms. The first-order valence-electron chi connectivity index (χ1n) is 12.7. The molecule has 0 aliphatic carbocycles. The number of nitrogens with one attached hydrogen (secondary N) is 2. The van der Waals surface area contributed by atoms with Crippen LogP contribution in [0.15, 0.2) is 66.1 Å². The van der Waals surface area contributed by atoms with Gasteiger partial charge in [-0.05, 0) is 50.5 Å². The van der Waals surface area contributed by atoms with Crippen molar-refractivity contribution in [1.29, 1.82) is 0 Å². The summed E-state index contributed by atoms with van der Waals surface area (Å²) in [6, 6.07) is 13.5. The van der Waals surface area contributed by atoms with E-state index in [4.69, 9.17) is 14.7 Å². The van der Waals surface area contributed by atoms with Crippen molar-refractivity contribution < 1.29 is 4.74 Å². The molecule has 1 aromatic carbocycles. The van der Waals surface area contributed by atoms with Crippen LogP contribution in [0.3, 0.4) is 0 Å². The van der Waals surface area contributed by atoms with Gasteiger partial charge in [0.2, 0.25) is 5.95 Å². The third-order valence-corrected chi connectivity index (χ3v) is 6.27. The van der Waals surface area contributed by atoms with Crippen LogP contribution in [-0.2, 0) is 6.54 Å². The molecule has 0 unspecified atom stereocenters. The summed E-state index contributed by atoms with van der Waals surface area (Å²) in [5.41, 5.74) is 1.09. The van der Waals surface area contributed by atoms with Gasteiger partial charge >= 0.3 is 0 Å². The lowest BCUT2D eigenvalue weighted by atomic mass is 10.3. The minimum absolute atomic E-state index is 0.194. The van der Waals surface area contributed by atoms with Crippen molar-refractivity contribution in [2.45, 2.75) is 6.54 Å². The highest BCUT2D eigenvalue weighted by Crippen LogP contribution is 2.22. The molecule has 1 fully saturated rings. The smallest absolute Gasteiger partial charge is 0.278 e. The zero-order valence-corrected chi connectivity index (χ0v) is 21.8. The SMILES string of the molecule is C=CCn1c(=O)c2cnc(Nc3ccc(OCCN(C)C)cc3)nc2n1-c1cccc(N2CCNCC2)n1. The van der Waals surface area contributed by atoms with Gasteiger partial charge in [-0.1, -0.05) is 12.1 Å². The van der Waals surface area contributed by atoms with Gasteiger partial charge in [-0.25, -0.2) is 19.3 Å². The summed E-state index contributed by atoms with van der Waals surface area (Å²) in [7, 11) is 4.02. The standard InChI is InChI=1S/C27H33N9O2/c1-4-14-35-26(37)22-19-29-27(30-20-8-10-21(11-9-20)38-18-17-33(2)3)32-25(22)36(35)24-7-5-6-23(31-24)34-15-12-28-13-16-34/h4-11,19,28H,1,12-18H2,2-3H3,(H,29,30,32). The Morgan fingerprint density at radius 3 is 2.61 bits per heavy atom. The molecule has 0 spiro atoms. The van der Waals surface area contributed by atoms with E-state index in [-0.39, 0.29) is 5.56 Å². The maximum Gasteiger partial charge on any atom is 0.278 e. The molecular weight excluding hydrogens is 482 g/mol. The summed E-state index contributed by atoms with van der Waals surface area (Å²) in [6.07, 6.45) is 3.24. The molecule has 0 saturated carbocycles. The zero-order chi connectivity index (χ0) is 26.5. The first kappa shape index (κ1) is 25.4. The molecule has 1 saturated heterocycles. The normalized spacial score (nSPS) is 13.7. The minimum atomic E-state index is -0.194. The number of nitrogens with zero attached hydrogens (tertiary/aromatic N) is 7. The van der Waals surface area contributed by atoms with Crippen molar-refractivity contribution in [3.05, 3.63) is 71.7 Å². The van der Waals surface area contributed by atoms with Gasteiger partial charge in [0.1, 0.15) is 23.6 Å². The van der Waals surface area contributed by atoms with Crippen LogP contribution >= 0.6 is 0 Å². The average Bonchev–Trinajstić information content (AvgIpc) is 3.21. The number of pyridine rings is 1. The number of aromatic nitrogens is 5. The Balaban J connectivity index is 1.46. The quantitative estimate of drug-likeness (QED) is 0.308. The monoisotopic (exact) mass is 515 g/mol. The van der Waals surface area contributed by atoms with E-state index >= 15 is 0 Å². The Morgan fingerprint density at radius 1 is 1.11 bits per heavy atom. The van der Waals surface area contributed by atoms with E-state index in [0.717, 1.165) is 50.0 Å². The van der Waals surface area contributed by atoms with Crippen molar-refractivity contribution >= 4 is 28.5 Å². The highest BCUT2D eigenvalue weighted by molar-refractivity contribution is 5.77. The summed E-state index contributed by atoms with van der Waals surface area (Å²) in [5.74, 6) is 2.64. The van der Waals surface area contributed by atoms with Crippen LogP contribution < -0.4 is 25.8 Å². The molecule has 1 aliphatic heterocycles. The van der Waals surface area contributed by atoms with Gasteiger partial charge in [-0.2, -0.15) is 4.98 Å². The zero-order valence-electron chi connectivity index (χ0n) is 21.8. The second-order valence-corrected chi connectivity index (χ2v) is 9.31. The van der Waals surface area contributed by atoms with E-state index in [9.17, 15) is 4.79 Å². The van der Waals surface area contributed by atoms with E-state index in [0.29, 0.717) is 36.0 Å². The Labute approximate surface area is 221 Å². The largest absolute Gasteiger partial charge is 0.492 e. The third kappa shape index (κ3) is 5.53. The predicted molar refractivity (Wildman–Crippen MR) is 150 cm³/mol. The molecule has 0 atom stereocenters. The Bertz CT molecular complexity index is 1450. The van der Waals surface area contributed by atoms with E-state index in [2.05, 4.69) is 32.0 Å². The molecule has 4 heterocycles. The van der Waals surface area contributed by atoms with Gasteiger partial charge in [0.05, 0.1) is 6.54 Å². The molecule has 2 N–H and O–H groups in total. The van der Waals surface area contributed by atoms with E-state index in [1.54, 1.807) is 21.6 Å². The van der Waals surface area contributed by atoms with Crippen molar-refractivity contribution in [3.8, 4) is 11.6 Å². The van der Waals surface area contributed by atoms with Crippen molar-refractivity contribution in [2.24, 2.45) is 0 Å². The number of anilines is 3. The third-order valence-electron chi connectivity index (χ3n) is 6.27. The van der Waals surface area contributed by atoms with Crippen LogP contribution in [0.5, 0.6) is 5.75 Å². The van der Waals surface area contributed by atoms with E-state index < -0.39 is 0 Å². The predicted octanol–water partition coefficient (Wildman–Crippen LogP) is 2.26. The number of allylic oxidation sites excluding steroid dienone is 1. The molecule has 0 bridgehead atoms. The lowest BCUT2D eigenvalue weighted by molar-refractivity contribution is 0.261. The number of benzene rings is 1. The molecule has 5 rings (SSSR count). The molecule has 11 nitrogen and oxygen atoms in total. The summed E-state index contributed by atoms with van der Waals surface area (Å²) in [5, 5.41) is 7.01. The molecule has 0 amide bonds. The number of hydrogen-bond donors (Lipinski definition) is 2. The minimum Gasteiger partial charge on any atom is -0.492 e. The van der Waals surface area contributed by atoms with Gasteiger partial charge < -0.3 is 25.2 Å².